The molecule has 0 radical (unpaired) electrons. The number of nitrogens with zero attached hydrogens (tertiary/aromatic N) is 1. The SMILES string of the molecule is Cc1nc(/C=C/C(=O)NCc2ccc(CS(=O)(=O)NC(C)C)cc2)cs1. The van der Waals surface area contributed by atoms with Crippen LogP contribution >= 0.6 is 11.3 Å². The fourth-order valence-electron chi connectivity index (χ4n) is 2.24. The maximum Gasteiger partial charge on any atom is 0.244 e. The minimum absolute atomic E-state index is 0.0619. The maximum absolute atomic E-state index is 11.9. The standard InChI is InChI=1S/C18H23N3O3S2/c1-13(2)21-26(23,24)12-16-6-4-15(5-7-16)10-19-18(22)9-8-17-11-25-14(3)20-17/h4-9,11,13,21H,10,12H2,1-3H3,(H,19,22)/b9-8+. The third-order valence-electron chi connectivity index (χ3n) is 3.30. The summed E-state index contributed by atoms with van der Waals surface area (Å²) >= 11 is 1.53. The Morgan fingerprint density at radius 3 is 2.46 bits per heavy atom. The van der Waals surface area contributed by atoms with Crippen molar-refractivity contribution in [2.75, 3.05) is 0 Å². The molecule has 1 heterocycles. The topological polar surface area (TPSA) is 88.2 Å². The van der Waals surface area contributed by atoms with Gasteiger partial charge in [0.25, 0.3) is 0 Å². The van der Waals surface area contributed by atoms with E-state index in [2.05, 4.69) is 15.0 Å². The summed E-state index contributed by atoms with van der Waals surface area (Å²) in [6, 6.07) is 7.02. The molecule has 0 bridgehead atoms. The Balaban J connectivity index is 1.85. The van der Waals surface area contributed by atoms with E-state index in [0.717, 1.165) is 16.3 Å². The first-order valence-electron chi connectivity index (χ1n) is 8.19. The van der Waals surface area contributed by atoms with Crippen molar-refractivity contribution in [1.29, 1.82) is 0 Å². The summed E-state index contributed by atoms with van der Waals surface area (Å²) in [6.45, 7) is 5.85. The second kappa shape index (κ2) is 9.07. The second-order valence-corrected chi connectivity index (χ2v) is 9.01. The summed E-state index contributed by atoms with van der Waals surface area (Å²) in [5.74, 6) is -0.267. The van der Waals surface area contributed by atoms with E-state index in [0.29, 0.717) is 12.1 Å². The molecule has 0 saturated carbocycles. The average Bonchev–Trinajstić information content (AvgIpc) is 2.96. The molecule has 0 aliphatic rings. The van der Waals surface area contributed by atoms with Crippen LogP contribution < -0.4 is 10.0 Å². The van der Waals surface area contributed by atoms with Gasteiger partial charge < -0.3 is 5.32 Å². The Kier molecular flexibility index (Phi) is 7.07. The third-order valence-corrected chi connectivity index (χ3v) is 5.64. The number of rotatable bonds is 8. The minimum Gasteiger partial charge on any atom is -0.348 e. The van der Waals surface area contributed by atoms with Crippen LogP contribution in [-0.2, 0) is 27.1 Å². The Labute approximate surface area is 158 Å². The van der Waals surface area contributed by atoms with Crippen LogP contribution in [-0.4, -0.2) is 25.4 Å². The van der Waals surface area contributed by atoms with Gasteiger partial charge in [-0.1, -0.05) is 24.3 Å². The first kappa shape index (κ1) is 20.3. The van der Waals surface area contributed by atoms with Gasteiger partial charge >= 0.3 is 0 Å². The molecule has 0 unspecified atom stereocenters. The van der Waals surface area contributed by atoms with Crippen LogP contribution in [0.4, 0.5) is 0 Å². The number of carbonyl (C=O) groups excluding carboxylic acids is 1. The number of nitrogens with one attached hydrogen (secondary N) is 2. The molecule has 26 heavy (non-hydrogen) atoms. The quantitative estimate of drug-likeness (QED) is 0.675. The van der Waals surface area contributed by atoms with Crippen LogP contribution in [0.2, 0.25) is 0 Å². The maximum atomic E-state index is 11.9. The molecular formula is C18H23N3O3S2. The molecule has 2 aromatic rings. The largest absolute Gasteiger partial charge is 0.348 e. The van der Waals surface area contributed by atoms with E-state index in [9.17, 15) is 13.2 Å². The van der Waals surface area contributed by atoms with Gasteiger partial charge in [-0.25, -0.2) is 18.1 Å². The van der Waals surface area contributed by atoms with Crippen molar-refractivity contribution in [1.82, 2.24) is 15.0 Å². The monoisotopic (exact) mass is 393 g/mol. The van der Waals surface area contributed by atoms with Gasteiger partial charge in [-0.3, -0.25) is 4.79 Å². The first-order chi connectivity index (χ1) is 12.2. The van der Waals surface area contributed by atoms with Crippen molar-refractivity contribution < 1.29 is 13.2 Å². The molecule has 1 amide bonds. The predicted molar refractivity (Wildman–Crippen MR) is 105 cm³/mol. The molecule has 0 aliphatic carbocycles. The molecule has 0 aliphatic heterocycles. The van der Waals surface area contributed by atoms with Crippen LogP contribution in [0.1, 0.15) is 35.7 Å². The molecule has 8 heteroatoms. The number of sulfonamides is 1. The van der Waals surface area contributed by atoms with E-state index in [1.807, 2.05) is 24.4 Å². The molecule has 2 N–H and O–H groups in total. The van der Waals surface area contributed by atoms with Crippen LogP contribution in [0.5, 0.6) is 0 Å². The highest BCUT2D eigenvalue weighted by molar-refractivity contribution is 7.88. The lowest BCUT2D eigenvalue weighted by Crippen LogP contribution is -2.31. The molecule has 0 spiro atoms. The fraction of sp³-hybridized carbons (Fsp3) is 0.333. The number of thiazole rings is 1. The molecule has 6 nitrogen and oxygen atoms in total. The number of hydrogen-bond acceptors (Lipinski definition) is 5. The van der Waals surface area contributed by atoms with Crippen molar-refractivity contribution in [2.45, 2.75) is 39.1 Å². The molecule has 140 valence electrons. The van der Waals surface area contributed by atoms with Crippen LogP contribution in [0.25, 0.3) is 6.08 Å². The summed E-state index contributed by atoms with van der Waals surface area (Å²) in [4.78, 5) is 16.1. The number of aromatic nitrogens is 1. The van der Waals surface area contributed by atoms with Crippen molar-refractivity contribution in [3.8, 4) is 0 Å². The summed E-state index contributed by atoms with van der Waals surface area (Å²) in [7, 11) is -3.34. The lowest BCUT2D eigenvalue weighted by Gasteiger charge is -2.10. The molecular weight excluding hydrogens is 370 g/mol. The zero-order valence-electron chi connectivity index (χ0n) is 15.0. The minimum atomic E-state index is -3.34. The van der Waals surface area contributed by atoms with Crippen molar-refractivity contribution in [2.24, 2.45) is 0 Å². The molecule has 1 aromatic carbocycles. The Hall–Kier alpha value is -2.03. The van der Waals surface area contributed by atoms with Gasteiger partial charge in [0.05, 0.1) is 16.5 Å². The molecule has 0 atom stereocenters. The molecule has 0 fully saturated rings. The number of hydrogen-bond donors (Lipinski definition) is 2. The zero-order valence-corrected chi connectivity index (χ0v) is 16.7. The highest BCUT2D eigenvalue weighted by Crippen LogP contribution is 2.10. The Bertz CT molecular complexity index is 869. The molecule has 1 aromatic heterocycles. The van der Waals surface area contributed by atoms with E-state index >= 15 is 0 Å². The van der Waals surface area contributed by atoms with Gasteiger partial charge in [0.15, 0.2) is 0 Å². The highest BCUT2D eigenvalue weighted by atomic mass is 32.2. The number of aryl methyl sites for hydroxylation is 1. The van der Waals surface area contributed by atoms with Crippen LogP contribution in [0.15, 0.2) is 35.7 Å². The Morgan fingerprint density at radius 2 is 1.88 bits per heavy atom. The van der Waals surface area contributed by atoms with Crippen molar-refractivity contribution in [3.05, 3.63) is 57.6 Å². The van der Waals surface area contributed by atoms with E-state index in [4.69, 9.17) is 0 Å². The van der Waals surface area contributed by atoms with E-state index in [1.54, 1.807) is 32.1 Å². The van der Waals surface area contributed by atoms with E-state index < -0.39 is 10.0 Å². The normalized spacial score (nSPS) is 12.0. The third kappa shape index (κ3) is 7.07. The highest BCUT2D eigenvalue weighted by Gasteiger charge is 2.12. The molecule has 0 saturated heterocycles. The summed E-state index contributed by atoms with van der Waals surface area (Å²) in [5, 5.41) is 5.63. The van der Waals surface area contributed by atoms with Gasteiger partial charge in [-0.15, -0.1) is 11.3 Å². The average molecular weight is 394 g/mol. The molecule has 2 rings (SSSR count). The number of carbonyl (C=O) groups is 1. The van der Waals surface area contributed by atoms with Crippen LogP contribution in [0.3, 0.4) is 0 Å². The first-order valence-corrected chi connectivity index (χ1v) is 10.7. The van der Waals surface area contributed by atoms with Gasteiger partial charge in [0, 0.05) is 24.0 Å². The lowest BCUT2D eigenvalue weighted by molar-refractivity contribution is -0.116. The van der Waals surface area contributed by atoms with Crippen molar-refractivity contribution in [3.63, 3.8) is 0 Å². The zero-order chi connectivity index (χ0) is 19.2. The van der Waals surface area contributed by atoms with Crippen molar-refractivity contribution >= 4 is 33.3 Å². The summed E-state index contributed by atoms with van der Waals surface area (Å²) in [5.41, 5.74) is 2.37. The van der Waals surface area contributed by atoms with Crippen LogP contribution in [0, 0.1) is 6.92 Å². The Morgan fingerprint density at radius 1 is 1.23 bits per heavy atom. The lowest BCUT2D eigenvalue weighted by atomic mass is 10.1. The van der Waals surface area contributed by atoms with Gasteiger partial charge in [0.2, 0.25) is 15.9 Å². The van der Waals surface area contributed by atoms with Gasteiger partial charge in [0.1, 0.15) is 0 Å². The second-order valence-electron chi connectivity index (χ2n) is 6.19. The fourth-order valence-corrected chi connectivity index (χ4v) is 4.25. The predicted octanol–water partition coefficient (Wildman–Crippen LogP) is 2.61. The van der Waals surface area contributed by atoms with E-state index in [1.165, 1.54) is 17.4 Å². The smallest absolute Gasteiger partial charge is 0.244 e. The number of benzene rings is 1. The van der Waals surface area contributed by atoms with Gasteiger partial charge in [-0.05, 0) is 38.0 Å². The van der Waals surface area contributed by atoms with E-state index in [-0.39, 0.29) is 17.7 Å². The summed E-state index contributed by atoms with van der Waals surface area (Å²) < 4.78 is 26.4. The summed E-state index contributed by atoms with van der Waals surface area (Å²) in [6.07, 6.45) is 3.13. The van der Waals surface area contributed by atoms with Gasteiger partial charge in [-0.2, -0.15) is 0 Å². The number of amides is 1.